The van der Waals surface area contributed by atoms with Gasteiger partial charge in [-0.1, -0.05) is 115 Å². The molecule has 0 saturated carbocycles. The predicted molar refractivity (Wildman–Crippen MR) is 156 cm³/mol. The summed E-state index contributed by atoms with van der Waals surface area (Å²) in [5.74, 6) is 0.701. The van der Waals surface area contributed by atoms with Gasteiger partial charge in [0.2, 0.25) is 5.91 Å². The van der Waals surface area contributed by atoms with Crippen molar-refractivity contribution in [2.24, 2.45) is 5.73 Å². The van der Waals surface area contributed by atoms with Crippen molar-refractivity contribution in [3.63, 3.8) is 0 Å². The highest BCUT2D eigenvalue weighted by atomic mass is 16.5. The number of ether oxygens (including phenoxy) is 1. The van der Waals surface area contributed by atoms with Crippen LogP contribution in [0, 0.1) is 0 Å². The molecule has 38 heavy (non-hydrogen) atoms. The minimum atomic E-state index is -0.340. The maximum absolute atomic E-state index is 11.3. The summed E-state index contributed by atoms with van der Waals surface area (Å²) in [5, 5.41) is 0. The van der Waals surface area contributed by atoms with Gasteiger partial charge in [-0.15, -0.1) is 0 Å². The molecule has 2 N–H and O–H groups in total. The van der Waals surface area contributed by atoms with Gasteiger partial charge in [0.15, 0.2) is 0 Å². The number of rotatable bonds is 14. The molecule has 0 bridgehead atoms. The molecule has 0 radical (unpaired) electrons. The highest BCUT2D eigenvalue weighted by Crippen LogP contribution is 2.26. The molecule has 4 rings (SSSR count). The van der Waals surface area contributed by atoms with Crippen LogP contribution in [0.4, 0.5) is 0 Å². The lowest BCUT2D eigenvalue weighted by Crippen LogP contribution is -2.31. The number of hydrogen-bond acceptors (Lipinski definition) is 3. The zero-order valence-corrected chi connectivity index (χ0v) is 21.8. The first kappa shape index (κ1) is 26.9. The lowest BCUT2D eigenvalue weighted by molar-refractivity contribution is -0.117. The molecule has 194 valence electrons. The van der Waals surface area contributed by atoms with Gasteiger partial charge in [-0.3, -0.25) is 9.69 Å². The van der Waals surface area contributed by atoms with Crippen molar-refractivity contribution in [1.82, 2.24) is 4.90 Å². The van der Waals surface area contributed by atoms with Crippen molar-refractivity contribution >= 4 is 12.0 Å². The smallest absolute Gasteiger partial charge is 0.221 e. The van der Waals surface area contributed by atoms with Crippen LogP contribution in [0.2, 0.25) is 0 Å². The molecule has 4 aromatic rings. The molecule has 4 heteroatoms. The molecule has 0 aliphatic carbocycles. The van der Waals surface area contributed by atoms with Crippen LogP contribution in [0.5, 0.6) is 5.75 Å². The third kappa shape index (κ3) is 8.75. The van der Waals surface area contributed by atoms with Crippen molar-refractivity contribution in [3.8, 4) is 5.75 Å². The molecular formula is C34H36N2O2. The van der Waals surface area contributed by atoms with Crippen LogP contribution in [0.25, 0.3) is 6.08 Å². The lowest BCUT2D eigenvalue weighted by Gasteiger charge is -2.27. The summed E-state index contributed by atoms with van der Waals surface area (Å²) in [4.78, 5) is 13.8. The molecule has 1 amide bonds. The van der Waals surface area contributed by atoms with E-state index in [2.05, 4.69) is 102 Å². The molecule has 0 fully saturated rings. The number of carbonyl (C=O) groups is 1. The van der Waals surface area contributed by atoms with Gasteiger partial charge in [0.1, 0.15) is 5.75 Å². The zero-order chi connectivity index (χ0) is 26.4. The average Bonchev–Trinajstić information content (AvgIpc) is 2.95. The summed E-state index contributed by atoms with van der Waals surface area (Å²) in [6, 6.07) is 39.5. The van der Waals surface area contributed by atoms with Crippen molar-refractivity contribution in [3.05, 3.63) is 144 Å². The fourth-order valence-corrected chi connectivity index (χ4v) is 4.62. The number of nitrogens with two attached hydrogens (primary N) is 1. The molecule has 0 unspecified atom stereocenters. The second-order valence-electron chi connectivity index (χ2n) is 9.44. The van der Waals surface area contributed by atoms with E-state index in [1.807, 2.05) is 30.3 Å². The van der Waals surface area contributed by atoms with Crippen molar-refractivity contribution in [1.29, 1.82) is 0 Å². The summed E-state index contributed by atoms with van der Waals surface area (Å²) >= 11 is 0. The van der Waals surface area contributed by atoms with Crippen molar-refractivity contribution in [2.75, 3.05) is 26.2 Å². The van der Waals surface area contributed by atoms with E-state index in [-0.39, 0.29) is 18.2 Å². The lowest BCUT2D eigenvalue weighted by atomic mass is 9.90. The van der Waals surface area contributed by atoms with Crippen LogP contribution in [0.3, 0.4) is 0 Å². The summed E-state index contributed by atoms with van der Waals surface area (Å²) < 4.78 is 6.03. The van der Waals surface area contributed by atoms with Crippen molar-refractivity contribution < 1.29 is 9.53 Å². The number of hydrogen-bond donors (Lipinski definition) is 1. The second kappa shape index (κ2) is 14.6. The molecule has 0 aliphatic heterocycles. The van der Waals surface area contributed by atoms with Crippen LogP contribution in [0.15, 0.2) is 121 Å². The molecule has 0 aliphatic rings. The van der Waals surface area contributed by atoms with Gasteiger partial charge < -0.3 is 10.5 Å². The van der Waals surface area contributed by atoms with E-state index in [9.17, 15) is 4.79 Å². The van der Waals surface area contributed by atoms with E-state index < -0.39 is 0 Å². The monoisotopic (exact) mass is 504 g/mol. The van der Waals surface area contributed by atoms with Crippen LogP contribution in [0.1, 0.15) is 34.6 Å². The average molecular weight is 505 g/mol. The normalized spacial score (nSPS) is 11.3. The van der Waals surface area contributed by atoms with E-state index in [0.29, 0.717) is 6.61 Å². The first-order chi connectivity index (χ1) is 18.7. The van der Waals surface area contributed by atoms with E-state index in [1.54, 1.807) is 0 Å². The SMILES string of the molecule is NC(=O)Cc1cccc(OCCCN(C/C=C/c2ccccc2)CC(c2ccccc2)c2ccccc2)c1. The Morgan fingerprint density at radius 2 is 1.45 bits per heavy atom. The van der Waals surface area contributed by atoms with Gasteiger partial charge >= 0.3 is 0 Å². The number of nitrogens with zero attached hydrogens (tertiary/aromatic N) is 1. The molecule has 0 heterocycles. The first-order valence-electron chi connectivity index (χ1n) is 13.2. The quantitative estimate of drug-likeness (QED) is 0.204. The topological polar surface area (TPSA) is 55.6 Å². The van der Waals surface area contributed by atoms with Gasteiger partial charge in [-0.05, 0) is 40.8 Å². The maximum atomic E-state index is 11.3. The molecular weight excluding hydrogens is 468 g/mol. The maximum Gasteiger partial charge on any atom is 0.221 e. The number of benzene rings is 4. The van der Waals surface area contributed by atoms with Crippen LogP contribution >= 0.6 is 0 Å². The van der Waals surface area contributed by atoms with E-state index in [0.717, 1.165) is 37.4 Å². The Balaban J connectivity index is 1.43. The Morgan fingerprint density at radius 3 is 2.08 bits per heavy atom. The molecule has 0 saturated heterocycles. The second-order valence-corrected chi connectivity index (χ2v) is 9.44. The molecule has 4 nitrogen and oxygen atoms in total. The minimum absolute atomic E-state index is 0.221. The van der Waals surface area contributed by atoms with Gasteiger partial charge in [0, 0.05) is 25.6 Å². The summed E-state index contributed by atoms with van der Waals surface area (Å²) in [7, 11) is 0. The number of primary amides is 1. The van der Waals surface area contributed by atoms with E-state index >= 15 is 0 Å². The molecule has 0 atom stereocenters. The Morgan fingerprint density at radius 1 is 0.816 bits per heavy atom. The van der Waals surface area contributed by atoms with Crippen molar-refractivity contribution in [2.45, 2.75) is 18.8 Å². The fourth-order valence-electron chi connectivity index (χ4n) is 4.62. The Hall–Kier alpha value is -4.15. The first-order valence-corrected chi connectivity index (χ1v) is 13.2. The summed E-state index contributed by atoms with van der Waals surface area (Å²) in [5.41, 5.74) is 10.0. The minimum Gasteiger partial charge on any atom is -0.494 e. The van der Waals surface area contributed by atoms with Crippen LogP contribution in [-0.2, 0) is 11.2 Å². The summed E-state index contributed by atoms with van der Waals surface area (Å²) in [6.07, 6.45) is 5.54. The van der Waals surface area contributed by atoms with Gasteiger partial charge in [0.05, 0.1) is 13.0 Å². The molecule has 0 aromatic heterocycles. The highest BCUT2D eigenvalue weighted by molar-refractivity contribution is 5.76. The third-order valence-electron chi connectivity index (χ3n) is 6.48. The molecule has 0 spiro atoms. The fraction of sp³-hybridized carbons (Fsp3) is 0.206. The van der Waals surface area contributed by atoms with Crippen LogP contribution < -0.4 is 10.5 Å². The summed E-state index contributed by atoms with van der Waals surface area (Å²) in [6.45, 7) is 3.25. The van der Waals surface area contributed by atoms with Crippen LogP contribution in [-0.4, -0.2) is 37.0 Å². The Kier molecular flexibility index (Phi) is 10.3. The van der Waals surface area contributed by atoms with Gasteiger partial charge in [-0.2, -0.15) is 0 Å². The number of amides is 1. The standard InChI is InChI=1S/C34H36N2O2/c35-34(37)26-29-15-10-21-32(25-29)38-24-12-23-36(22-11-16-28-13-4-1-5-14-28)27-33(30-17-6-2-7-18-30)31-19-8-3-9-20-31/h1-11,13-21,25,33H,12,22-24,26-27H2,(H2,35,37)/b16-11+. The van der Waals surface area contributed by atoms with Gasteiger partial charge in [0.25, 0.3) is 0 Å². The van der Waals surface area contributed by atoms with E-state index in [1.165, 1.54) is 16.7 Å². The van der Waals surface area contributed by atoms with E-state index in [4.69, 9.17) is 10.5 Å². The zero-order valence-electron chi connectivity index (χ0n) is 21.8. The van der Waals surface area contributed by atoms with Gasteiger partial charge in [-0.25, -0.2) is 0 Å². The number of carbonyl (C=O) groups excluding carboxylic acids is 1. The predicted octanol–water partition coefficient (Wildman–Crippen LogP) is 6.33. The Labute approximate surface area is 226 Å². The largest absolute Gasteiger partial charge is 0.494 e. The molecule has 4 aromatic carbocycles. The highest BCUT2D eigenvalue weighted by Gasteiger charge is 2.17. The Bertz CT molecular complexity index is 1230. The third-order valence-corrected chi connectivity index (χ3v) is 6.48.